The number of rotatable bonds is 7. The van der Waals surface area contributed by atoms with Crippen molar-refractivity contribution in [3.63, 3.8) is 0 Å². The van der Waals surface area contributed by atoms with Crippen molar-refractivity contribution in [1.82, 2.24) is 15.6 Å². The molecule has 0 spiro atoms. The van der Waals surface area contributed by atoms with E-state index in [1.54, 1.807) is 5.38 Å². The highest BCUT2D eigenvalue weighted by Crippen LogP contribution is 2.22. The van der Waals surface area contributed by atoms with Crippen molar-refractivity contribution in [2.45, 2.75) is 65.1 Å². The molecule has 0 aliphatic heterocycles. The number of nitrogens with zero attached hydrogens (tertiary/aromatic N) is 1. The zero-order valence-electron chi connectivity index (χ0n) is 19.9. The topological polar surface area (TPSA) is 80.3 Å². The van der Waals surface area contributed by atoms with Crippen LogP contribution in [0.2, 0.25) is 0 Å². The average molecular weight is 478 g/mol. The van der Waals surface area contributed by atoms with Crippen molar-refractivity contribution in [3.8, 4) is 5.75 Å². The first kappa shape index (κ1) is 24.0. The van der Waals surface area contributed by atoms with Crippen molar-refractivity contribution < 1.29 is 14.3 Å². The van der Waals surface area contributed by atoms with Crippen LogP contribution in [0.5, 0.6) is 5.75 Å². The molecule has 0 unspecified atom stereocenters. The molecule has 1 aliphatic carbocycles. The number of carbonyl (C=O) groups excluding carboxylic acids is 2. The minimum Gasteiger partial charge on any atom is -0.486 e. The Morgan fingerprint density at radius 1 is 0.971 bits per heavy atom. The number of hydrogen-bond acceptors (Lipinski definition) is 5. The van der Waals surface area contributed by atoms with Crippen LogP contribution >= 0.6 is 11.3 Å². The highest BCUT2D eigenvalue weighted by molar-refractivity contribution is 7.09. The third-order valence-electron chi connectivity index (χ3n) is 6.13. The Bertz CT molecular complexity index is 1150. The molecular weight excluding hydrogens is 446 g/mol. The predicted octanol–water partition coefficient (Wildman–Crippen LogP) is 5.12. The molecule has 178 valence electrons. The van der Waals surface area contributed by atoms with Gasteiger partial charge in [0.25, 0.3) is 11.8 Å². The second-order valence-corrected chi connectivity index (χ2v) is 9.94. The SMILES string of the molecule is Cc1cc(C)cc(OCc2nc(C(=O)N[C@H]3CCCC[C@H]3NC(=O)c3ccccc3C)cs2)c1. The van der Waals surface area contributed by atoms with Gasteiger partial charge in [-0.2, -0.15) is 0 Å². The molecule has 7 heteroatoms. The van der Waals surface area contributed by atoms with Gasteiger partial charge >= 0.3 is 0 Å². The summed E-state index contributed by atoms with van der Waals surface area (Å²) in [6.07, 6.45) is 3.72. The molecule has 0 saturated heterocycles. The number of carbonyl (C=O) groups is 2. The summed E-state index contributed by atoms with van der Waals surface area (Å²) in [5, 5.41) is 8.76. The van der Waals surface area contributed by atoms with E-state index in [0.29, 0.717) is 17.9 Å². The van der Waals surface area contributed by atoms with E-state index in [1.807, 2.05) is 57.2 Å². The van der Waals surface area contributed by atoms with E-state index in [2.05, 4.69) is 21.7 Å². The molecule has 1 saturated carbocycles. The maximum absolute atomic E-state index is 12.9. The number of benzene rings is 2. The third kappa shape index (κ3) is 6.03. The normalized spacial score (nSPS) is 17.7. The fraction of sp³-hybridized carbons (Fsp3) is 0.370. The lowest BCUT2D eigenvalue weighted by molar-refractivity contribution is 0.0860. The van der Waals surface area contributed by atoms with Crippen LogP contribution in [0.1, 0.15) is 68.2 Å². The summed E-state index contributed by atoms with van der Waals surface area (Å²) in [5.41, 5.74) is 4.29. The average Bonchev–Trinajstić information content (AvgIpc) is 3.28. The van der Waals surface area contributed by atoms with Crippen LogP contribution < -0.4 is 15.4 Å². The predicted molar refractivity (Wildman–Crippen MR) is 135 cm³/mol. The van der Waals surface area contributed by atoms with E-state index in [4.69, 9.17) is 4.74 Å². The number of ether oxygens (including phenoxy) is 1. The zero-order valence-corrected chi connectivity index (χ0v) is 20.7. The summed E-state index contributed by atoms with van der Waals surface area (Å²) in [4.78, 5) is 30.2. The van der Waals surface area contributed by atoms with Gasteiger partial charge in [-0.25, -0.2) is 4.98 Å². The summed E-state index contributed by atoms with van der Waals surface area (Å²) in [6.45, 7) is 6.32. The van der Waals surface area contributed by atoms with Gasteiger partial charge in [0, 0.05) is 23.0 Å². The van der Waals surface area contributed by atoms with Crippen molar-refractivity contribution in [2.75, 3.05) is 0 Å². The van der Waals surface area contributed by atoms with Gasteiger partial charge in [-0.3, -0.25) is 9.59 Å². The standard InChI is InChI=1S/C27H31N3O3S/c1-17-12-18(2)14-20(13-17)33-15-25-28-24(16-34-25)27(32)30-23-11-7-6-10-22(23)29-26(31)21-9-5-4-8-19(21)3/h4-5,8-9,12-14,16,22-23H,6-7,10-11,15H2,1-3H3,(H,29,31)(H,30,32)/t22-,23+/m1/s1. The lowest BCUT2D eigenvalue weighted by atomic mass is 9.89. The van der Waals surface area contributed by atoms with E-state index in [9.17, 15) is 9.59 Å². The van der Waals surface area contributed by atoms with Crippen molar-refractivity contribution >= 4 is 23.2 Å². The van der Waals surface area contributed by atoms with Gasteiger partial charge in [0.15, 0.2) is 0 Å². The zero-order chi connectivity index (χ0) is 24.1. The van der Waals surface area contributed by atoms with Crippen LogP contribution in [0.15, 0.2) is 47.8 Å². The first-order chi connectivity index (χ1) is 16.4. The molecule has 3 aromatic rings. The van der Waals surface area contributed by atoms with Crippen LogP contribution in [-0.4, -0.2) is 28.9 Å². The molecule has 1 fully saturated rings. The number of hydrogen-bond donors (Lipinski definition) is 2. The number of thiazole rings is 1. The molecule has 2 aromatic carbocycles. The minimum atomic E-state index is -0.212. The van der Waals surface area contributed by atoms with E-state index in [1.165, 1.54) is 11.3 Å². The van der Waals surface area contributed by atoms with Gasteiger partial charge < -0.3 is 15.4 Å². The second-order valence-electron chi connectivity index (χ2n) is 9.00. The van der Waals surface area contributed by atoms with Gasteiger partial charge in [-0.05, 0) is 68.5 Å². The smallest absolute Gasteiger partial charge is 0.271 e. The fourth-order valence-electron chi connectivity index (χ4n) is 4.44. The quantitative estimate of drug-likeness (QED) is 0.495. The Morgan fingerprint density at radius 2 is 1.62 bits per heavy atom. The van der Waals surface area contributed by atoms with Crippen LogP contribution in [0.25, 0.3) is 0 Å². The van der Waals surface area contributed by atoms with Crippen LogP contribution in [0, 0.1) is 20.8 Å². The summed E-state index contributed by atoms with van der Waals surface area (Å²) in [5.74, 6) is 0.493. The first-order valence-electron chi connectivity index (χ1n) is 11.7. The maximum Gasteiger partial charge on any atom is 0.271 e. The fourth-order valence-corrected chi connectivity index (χ4v) is 5.12. The van der Waals surface area contributed by atoms with Gasteiger partial charge in [0.1, 0.15) is 23.1 Å². The van der Waals surface area contributed by atoms with E-state index in [0.717, 1.165) is 53.1 Å². The minimum absolute atomic E-state index is 0.0938. The molecule has 0 radical (unpaired) electrons. The second kappa shape index (κ2) is 10.8. The molecule has 1 aromatic heterocycles. The van der Waals surface area contributed by atoms with Crippen LogP contribution in [0.4, 0.5) is 0 Å². The van der Waals surface area contributed by atoms with Crippen LogP contribution in [-0.2, 0) is 6.61 Å². The van der Waals surface area contributed by atoms with Gasteiger partial charge in [0.2, 0.25) is 0 Å². The molecular formula is C27H31N3O3S. The van der Waals surface area contributed by atoms with Crippen molar-refractivity contribution in [2.24, 2.45) is 0 Å². The molecule has 1 aliphatic rings. The molecule has 34 heavy (non-hydrogen) atoms. The first-order valence-corrected chi connectivity index (χ1v) is 12.6. The molecule has 4 rings (SSSR count). The summed E-state index contributed by atoms with van der Waals surface area (Å²) in [6, 6.07) is 13.4. The Hall–Kier alpha value is -3.19. The van der Waals surface area contributed by atoms with Crippen molar-refractivity contribution in [3.05, 3.63) is 80.8 Å². The molecule has 6 nitrogen and oxygen atoms in total. The number of aryl methyl sites for hydroxylation is 3. The molecule has 2 atom stereocenters. The Labute approximate surface area is 204 Å². The molecule has 2 N–H and O–H groups in total. The summed E-state index contributed by atoms with van der Waals surface area (Å²) < 4.78 is 5.88. The maximum atomic E-state index is 12.9. The summed E-state index contributed by atoms with van der Waals surface area (Å²) >= 11 is 1.41. The number of aromatic nitrogens is 1. The Morgan fingerprint density at radius 3 is 2.29 bits per heavy atom. The van der Waals surface area contributed by atoms with Gasteiger partial charge in [0.05, 0.1) is 0 Å². The third-order valence-corrected chi connectivity index (χ3v) is 6.95. The van der Waals surface area contributed by atoms with Gasteiger partial charge in [-0.15, -0.1) is 11.3 Å². The Kier molecular flexibility index (Phi) is 7.63. The molecule has 2 amide bonds. The van der Waals surface area contributed by atoms with Crippen LogP contribution in [0.3, 0.4) is 0 Å². The largest absolute Gasteiger partial charge is 0.486 e. The number of amides is 2. The van der Waals surface area contributed by atoms with Crippen molar-refractivity contribution in [1.29, 1.82) is 0 Å². The van der Waals surface area contributed by atoms with Gasteiger partial charge in [-0.1, -0.05) is 37.1 Å². The monoisotopic (exact) mass is 477 g/mol. The van der Waals surface area contributed by atoms with E-state index < -0.39 is 0 Å². The lowest BCUT2D eigenvalue weighted by Gasteiger charge is -2.32. The Balaban J connectivity index is 1.36. The van der Waals surface area contributed by atoms with E-state index >= 15 is 0 Å². The highest BCUT2D eigenvalue weighted by atomic mass is 32.1. The lowest BCUT2D eigenvalue weighted by Crippen LogP contribution is -2.53. The molecule has 0 bridgehead atoms. The van der Waals surface area contributed by atoms with E-state index in [-0.39, 0.29) is 23.9 Å². The number of nitrogens with one attached hydrogen (secondary N) is 2. The molecule has 1 heterocycles. The highest BCUT2D eigenvalue weighted by Gasteiger charge is 2.29. The summed E-state index contributed by atoms with van der Waals surface area (Å²) in [7, 11) is 0.